The van der Waals surface area contributed by atoms with Crippen LogP contribution < -0.4 is 10.6 Å². The van der Waals surface area contributed by atoms with Crippen LogP contribution in [0.15, 0.2) is 53.5 Å². The van der Waals surface area contributed by atoms with E-state index in [9.17, 15) is 9.59 Å². The van der Waals surface area contributed by atoms with E-state index in [4.69, 9.17) is 0 Å². The zero-order valence-corrected chi connectivity index (χ0v) is 18.7. The van der Waals surface area contributed by atoms with E-state index in [1.54, 1.807) is 17.3 Å². The Kier molecular flexibility index (Phi) is 5.99. The third kappa shape index (κ3) is 4.66. The first-order valence-electron chi connectivity index (χ1n) is 10.9. The number of nitrogens with zero attached hydrogens (tertiary/aromatic N) is 2. The molecule has 7 nitrogen and oxygen atoms in total. The monoisotopic (exact) mass is 431 g/mol. The molecule has 166 valence electrons. The number of nitrogens with one attached hydrogen (secondary N) is 3. The Morgan fingerprint density at radius 1 is 1.06 bits per heavy atom. The number of anilines is 1. The van der Waals surface area contributed by atoms with Crippen LogP contribution in [0.1, 0.15) is 47.2 Å². The lowest BCUT2D eigenvalue weighted by Crippen LogP contribution is -2.40. The number of para-hydroxylation sites is 1. The quantitative estimate of drug-likeness (QED) is 0.548. The Morgan fingerprint density at radius 2 is 1.88 bits per heavy atom. The van der Waals surface area contributed by atoms with Gasteiger partial charge in [0.2, 0.25) is 0 Å². The summed E-state index contributed by atoms with van der Waals surface area (Å²) in [7, 11) is 0. The highest BCUT2D eigenvalue weighted by Crippen LogP contribution is 2.26. The van der Waals surface area contributed by atoms with E-state index in [1.165, 1.54) is 5.56 Å². The average Bonchev–Trinajstić information content (AvgIpc) is 3.19. The summed E-state index contributed by atoms with van der Waals surface area (Å²) in [4.78, 5) is 35.2. The second kappa shape index (κ2) is 8.86. The van der Waals surface area contributed by atoms with Gasteiger partial charge in [0, 0.05) is 30.5 Å². The van der Waals surface area contributed by atoms with E-state index in [2.05, 4.69) is 53.5 Å². The first kappa shape index (κ1) is 21.6. The summed E-state index contributed by atoms with van der Waals surface area (Å²) in [6.45, 7) is 8.18. The molecular formula is C25H29N5O2. The molecule has 3 aromatic rings. The van der Waals surface area contributed by atoms with Crippen LogP contribution in [0.3, 0.4) is 0 Å². The van der Waals surface area contributed by atoms with Crippen LogP contribution in [0.25, 0.3) is 10.9 Å². The number of aromatic amines is 1. The molecule has 2 aromatic carbocycles. The molecule has 0 aliphatic carbocycles. The van der Waals surface area contributed by atoms with Gasteiger partial charge in [0.05, 0.1) is 24.1 Å². The SMILES string of the molecule is CC(C)(C)c1ccc2cc(C(=O)N3CCN=CNc4ccccc4C(=O)NCC3)[nH]c2c1. The van der Waals surface area contributed by atoms with Crippen molar-refractivity contribution in [2.45, 2.75) is 26.2 Å². The van der Waals surface area contributed by atoms with Crippen molar-refractivity contribution in [3.63, 3.8) is 0 Å². The van der Waals surface area contributed by atoms with Gasteiger partial charge < -0.3 is 20.5 Å². The number of aromatic nitrogens is 1. The van der Waals surface area contributed by atoms with Gasteiger partial charge in [-0.3, -0.25) is 14.6 Å². The molecule has 0 saturated carbocycles. The number of amides is 2. The molecule has 1 aliphatic heterocycles. The van der Waals surface area contributed by atoms with Gasteiger partial charge in [-0.15, -0.1) is 0 Å². The lowest BCUT2D eigenvalue weighted by molar-refractivity contribution is 0.0749. The van der Waals surface area contributed by atoms with Crippen molar-refractivity contribution in [1.82, 2.24) is 15.2 Å². The summed E-state index contributed by atoms with van der Waals surface area (Å²) in [5, 5.41) is 6.98. The topological polar surface area (TPSA) is 89.6 Å². The van der Waals surface area contributed by atoms with Crippen molar-refractivity contribution in [2.75, 3.05) is 31.5 Å². The van der Waals surface area contributed by atoms with Gasteiger partial charge >= 0.3 is 0 Å². The number of rotatable bonds is 1. The average molecular weight is 432 g/mol. The Labute approximate surface area is 187 Å². The maximum Gasteiger partial charge on any atom is 0.270 e. The smallest absolute Gasteiger partial charge is 0.270 e. The number of carbonyl (C=O) groups is 2. The van der Waals surface area contributed by atoms with Crippen molar-refractivity contribution in [3.05, 3.63) is 65.4 Å². The molecular weight excluding hydrogens is 402 g/mol. The molecule has 2 heterocycles. The highest BCUT2D eigenvalue weighted by Gasteiger charge is 2.20. The minimum absolute atomic E-state index is 0.0311. The summed E-state index contributed by atoms with van der Waals surface area (Å²) in [5.41, 5.74) is 3.97. The van der Waals surface area contributed by atoms with Crippen LogP contribution >= 0.6 is 0 Å². The minimum Gasteiger partial charge on any atom is -0.351 e. The van der Waals surface area contributed by atoms with E-state index < -0.39 is 0 Å². The Bertz CT molecular complexity index is 1170. The lowest BCUT2D eigenvalue weighted by Gasteiger charge is -2.22. The van der Waals surface area contributed by atoms with Gasteiger partial charge in [0.1, 0.15) is 5.69 Å². The number of H-pyrrole nitrogens is 1. The predicted molar refractivity (Wildman–Crippen MR) is 129 cm³/mol. The predicted octanol–water partition coefficient (Wildman–Crippen LogP) is 3.79. The Balaban J connectivity index is 1.53. The molecule has 0 bridgehead atoms. The van der Waals surface area contributed by atoms with Crippen molar-refractivity contribution in [3.8, 4) is 0 Å². The zero-order valence-electron chi connectivity index (χ0n) is 18.7. The number of hydrogen-bond donors (Lipinski definition) is 3. The van der Waals surface area contributed by atoms with Crippen molar-refractivity contribution >= 4 is 34.7 Å². The first-order chi connectivity index (χ1) is 15.3. The number of aliphatic imine (C=N–C) groups is 1. The van der Waals surface area contributed by atoms with E-state index in [1.807, 2.05) is 30.3 Å². The fourth-order valence-electron chi connectivity index (χ4n) is 3.76. The van der Waals surface area contributed by atoms with Crippen LogP contribution in [-0.2, 0) is 5.41 Å². The largest absolute Gasteiger partial charge is 0.351 e. The molecule has 2 amide bonds. The van der Waals surface area contributed by atoms with Gasteiger partial charge in [-0.1, -0.05) is 45.0 Å². The molecule has 0 fully saturated rings. The summed E-state index contributed by atoms with van der Waals surface area (Å²) in [6, 6.07) is 15.4. The molecule has 1 aromatic heterocycles. The number of hydrogen-bond acceptors (Lipinski definition) is 4. The van der Waals surface area contributed by atoms with Gasteiger partial charge in [0.25, 0.3) is 11.8 Å². The molecule has 0 radical (unpaired) electrons. The fraction of sp³-hybridized carbons (Fsp3) is 0.320. The lowest BCUT2D eigenvalue weighted by atomic mass is 9.87. The summed E-state index contributed by atoms with van der Waals surface area (Å²) in [6.07, 6.45) is 1.58. The second-order valence-electron chi connectivity index (χ2n) is 9.01. The van der Waals surface area contributed by atoms with Gasteiger partial charge in [0.15, 0.2) is 0 Å². The third-order valence-electron chi connectivity index (χ3n) is 5.66. The molecule has 1 aliphatic rings. The highest BCUT2D eigenvalue weighted by atomic mass is 16.2. The van der Waals surface area contributed by atoms with Crippen LogP contribution in [0.4, 0.5) is 5.69 Å². The van der Waals surface area contributed by atoms with E-state index in [0.717, 1.165) is 10.9 Å². The molecule has 32 heavy (non-hydrogen) atoms. The number of benzene rings is 2. The zero-order chi connectivity index (χ0) is 22.7. The molecule has 3 N–H and O–H groups in total. The normalized spacial score (nSPS) is 15.3. The second-order valence-corrected chi connectivity index (χ2v) is 9.01. The Morgan fingerprint density at radius 3 is 2.69 bits per heavy atom. The van der Waals surface area contributed by atoms with E-state index in [-0.39, 0.29) is 17.2 Å². The summed E-state index contributed by atoms with van der Waals surface area (Å²) < 4.78 is 0. The minimum atomic E-state index is -0.185. The number of fused-ring (bicyclic) bond motifs is 2. The maximum absolute atomic E-state index is 13.3. The van der Waals surface area contributed by atoms with Crippen LogP contribution in [-0.4, -0.2) is 54.2 Å². The molecule has 0 atom stereocenters. The van der Waals surface area contributed by atoms with Gasteiger partial charge in [-0.2, -0.15) is 0 Å². The molecule has 7 heteroatoms. The summed E-state index contributed by atoms with van der Waals surface area (Å²) >= 11 is 0. The van der Waals surface area contributed by atoms with Gasteiger partial charge in [-0.05, 0) is 35.2 Å². The van der Waals surface area contributed by atoms with Crippen molar-refractivity contribution in [1.29, 1.82) is 0 Å². The molecule has 0 spiro atoms. The van der Waals surface area contributed by atoms with E-state index >= 15 is 0 Å². The fourth-order valence-corrected chi connectivity index (χ4v) is 3.76. The standard InChI is InChI=1S/C25H29N5O2/c1-25(2,3)18-9-8-17-14-22(29-21(17)15-18)24(32)30-12-10-26-16-28-20-7-5-4-6-19(20)23(31)27-11-13-30/h4-9,14-16,29H,10-13H2,1-3H3,(H,26,28)(H,27,31). The highest BCUT2D eigenvalue weighted by molar-refractivity contribution is 6.02. The van der Waals surface area contributed by atoms with Crippen LogP contribution in [0, 0.1) is 0 Å². The van der Waals surface area contributed by atoms with Gasteiger partial charge in [-0.25, -0.2) is 0 Å². The van der Waals surface area contributed by atoms with Crippen LogP contribution in [0.2, 0.25) is 0 Å². The molecule has 4 rings (SSSR count). The van der Waals surface area contributed by atoms with Crippen molar-refractivity contribution in [2.24, 2.45) is 4.99 Å². The molecule has 0 saturated heterocycles. The molecule has 0 unspecified atom stereocenters. The van der Waals surface area contributed by atoms with Crippen molar-refractivity contribution < 1.29 is 9.59 Å². The maximum atomic E-state index is 13.3. The third-order valence-corrected chi connectivity index (χ3v) is 5.66. The number of carbonyl (C=O) groups excluding carboxylic acids is 2. The summed E-state index contributed by atoms with van der Waals surface area (Å²) in [5.74, 6) is -0.289. The van der Waals surface area contributed by atoms with Crippen LogP contribution in [0.5, 0.6) is 0 Å². The Hall–Kier alpha value is -3.61. The first-order valence-corrected chi connectivity index (χ1v) is 10.9. The van der Waals surface area contributed by atoms with E-state index in [0.29, 0.717) is 43.1 Å².